The number of rotatable bonds is 6. The number of β-amino-alcohol motifs (C(OH)–C–C–N with tert-alkyl or cyclic N) is 1. The first-order valence-electron chi connectivity index (χ1n) is 7.83. The highest BCUT2D eigenvalue weighted by Gasteiger charge is 2.26. The van der Waals surface area contributed by atoms with Gasteiger partial charge in [0.2, 0.25) is 0 Å². The van der Waals surface area contributed by atoms with Gasteiger partial charge in [-0.25, -0.2) is 0 Å². The summed E-state index contributed by atoms with van der Waals surface area (Å²) in [6.07, 6.45) is 2.51. The molecule has 2 rings (SSSR count). The summed E-state index contributed by atoms with van der Waals surface area (Å²) in [5, 5.41) is 9.13. The van der Waals surface area contributed by atoms with Gasteiger partial charge in [-0.05, 0) is 38.8 Å². The largest absolute Gasteiger partial charge is 0.395 e. The van der Waals surface area contributed by atoms with Gasteiger partial charge < -0.3 is 5.11 Å². The van der Waals surface area contributed by atoms with E-state index in [-0.39, 0.29) is 6.61 Å². The summed E-state index contributed by atoms with van der Waals surface area (Å²) in [6, 6.07) is 11.9. The van der Waals surface area contributed by atoms with Crippen LogP contribution < -0.4 is 0 Å². The molecular formula is C17H28N2O. The maximum absolute atomic E-state index is 9.13. The molecule has 1 fully saturated rings. The van der Waals surface area contributed by atoms with Crippen molar-refractivity contribution in [3.8, 4) is 0 Å². The maximum atomic E-state index is 9.13. The second-order valence-corrected chi connectivity index (χ2v) is 6.07. The van der Waals surface area contributed by atoms with Crippen LogP contribution in [0.1, 0.15) is 32.3 Å². The molecule has 0 unspecified atom stereocenters. The molecule has 112 valence electrons. The minimum absolute atomic E-state index is 0.271. The van der Waals surface area contributed by atoms with Gasteiger partial charge in [-0.2, -0.15) is 0 Å². The molecule has 0 saturated carbocycles. The molecule has 3 nitrogen and oxygen atoms in total. The Hall–Kier alpha value is -0.900. The minimum atomic E-state index is 0.271. The molecule has 0 bridgehead atoms. The van der Waals surface area contributed by atoms with Gasteiger partial charge in [-0.3, -0.25) is 9.80 Å². The van der Waals surface area contributed by atoms with Crippen molar-refractivity contribution < 1.29 is 5.11 Å². The molecule has 0 radical (unpaired) electrons. The minimum Gasteiger partial charge on any atom is -0.395 e. The molecule has 3 heteroatoms. The van der Waals surface area contributed by atoms with E-state index in [0.29, 0.717) is 12.1 Å². The Morgan fingerprint density at radius 3 is 2.70 bits per heavy atom. The average molecular weight is 276 g/mol. The van der Waals surface area contributed by atoms with Crippen LogP contribution in [0.25, 0.3) is 0 Å². The molecule has 1 N–H and O–H groups in total. The van der Waals surface area contributed by atoms with Crippen molar-refractivity contribution in [2.75, 3.05) is 26.2 Å². The number of hydrogen-bond donors (Lipinski definition) is 1. The Labute approximate surface area is 123 Å². The van der Waals surface area contributed by atoms with E-state index in [1.807, 2.05) is 0 Å². The zero-order valence-corrected chi connectivity index (χ0v) is 12.8. The van der Waals surface area contributed by atoms with Crippen molar-refractivity contribution >= 4 is 0 Å². The van der Waals surface area contributed by atoms with Crippen LogP contribution >= 0.6 is 0 Å². The van der Waals surface area contributed by atoms with Gasteiger partial charge in [0.05, 0.1) is 6.61 Å². The summed E-state index contributed by atoms with van der Waals surface area (Å²) in [5.74, 6) is 0. The third-order valence-corrected chi connectivity index (χ3v) is 4.24. The summed E-state index contributed by atoms with van der Waals surface area (Å²) in [4.78, 5) is 5.01. The van der Waals surface area contributed by atoms with E-state index in [0.717, 1.165) is 26.2 Å². The second kappa shape index (κ2) is 7.77. The lowest BCUT2D eigenvalue weighted by Crippen LogP contribution is -2.50. The van der Waals surface area contributed by atoms with Crippen LogP contribution in [0.5, 0.6) is 0 Å². The van der Waals surface area contributed by atoms with E-state index >= 15 is 0 Å². The van der Waals surface area contributed by atoms with Crippen LogP contribution in [0.3, 0.4) is 0 Å². The highest BCUT2D eigenvalue weighted by Crippen LogP contribution is 2.20. The molecule has 1 aromatic carbocycles. The van der Waals surface area contributed by atoms with E-state index in [4.69, 9.17) is 5.11 Å². The van der Waals surface area contributed by atoms with E-state index in [9.17, 15) is 0 Å². The first kappa shape index (κ1) is 15.5. The normalized spacial score (nSPS) is 20.8. The van der Waals surface area contributed by atoms with Crippen LogP contribution in [-0.2, 0) is 6.54 Å². The molecule has 1 heterocycles. The zero-order valence-electron chi connectivity index (χ0n) is 12.8. The number of benzene rings is 1. The Balaban J connectivity index is 2.00. The number of piperidine rings is 1. The first-order valence-corrected chi connectivity index (χ1v) is 7.83. The fraction of sp³-hybridized carbons (Fsp3) is 0.647. The van der Waals surface area contributed by atoms with Crippen LogP contribution in [0.2, 0.25) is 0 Å². The highest BCUT2D eigenvalue weighted by molar-refractivity contribution is 5.14. The predicted molar refractivity (Wildman–Crippen MR) is 83.7 cm³/mol. The van der Waals surface area contributed by atoms with E-state index < -0.39 is 0 Å². The van der Waals surface area contributed by atoms with E-state index in [2.05, 4.69) is 54.0 Å². The van der Waals surface area contributed by atoms with Crippen molar-refractivity contribution in [1.29, 1.82) is 0 Å². The fourth-order valence-corrected chi connectivity index (χ4v) is 3.17. The number of aliphatic hydroxyl groups is 1. The summed E-state index contributed by atoms with van der Waals surface area (Å²) < 4.78 is 0. The van der Waals surface area contributed by atoms with Crippen molar-refractivity contribution in [3.05, 3.63) is 35.9 Å². The Bertz CT molecular complexity index is 378. The molecule has 20 heavy (non-hydrogen) atoms. The quantitative estimate of drug-likeness (QED) is 0.864. The van der Waals surface area contributed by atoms with E-state index in [1.165, 1.54) is 18.4 Å². The highest BCUT2D eigenvalue weighted by atomic mass is 16.3. The number of likely N-dealkylation sites (tertiary alicyclic amines) is 1. The number of hydrogen-bond acceptors (Lipinski definition) is 3. The zero-order chi connectivity index (χ0) is 14.4. The van der Waals surface area contributed by atoms with Crippen LogP contribution in [0, 0.1) is 0 Å². The molecule has 1 aromatic rings. The molecule has 0 spiro atoms. The Morgan fingerprint density at radius 1 is 1.30 bits per heavy atom. The third kappa shape index (κ3) is 4.30. The topological polar surface area (TPSA) is 26.7 Å². The van der Waals surface area contributed by atoms with E-state index in [1.54, 1.807) is 0 Å². The lowest BCUT2D eigenvalue weighted by molar-refractivity contribution is 0.0609. The second-order valence-electron chi connectivity index (χ2n) is 6.07. The van der Waals surface area contributed by atoms with Crippen LogP contribution in [0.15, 0.2) is 30.3 Å². The van der Waals surface area contributed by atoms with Gasteiger partial charge in [-0.1, -0.05) is 30.3 Å². The van der Waals surface area contributed by atoms with Gasteiger partial charge in [0, 0.05) is 31.7 Å². The summed E-state index contributed by atoms with van der Waals surface area (Å²) in [5.41, 5.74) is 1.39. The smallest absolute Gasteiger partial charge is 0.0558 e. The lowest BCUT2D eigenvalue weighted by Gasteiger charge is -2.41. The van der Waals surface area contributed by atoms with Crippen LogP contribution in [-0.4, -0.2) is 53.2 Å². The monoisotopic (exact) mass is 276 g/mol. The van der Waals surface area contributed by atoms with Gasteiger partial charge in [0.15, 0.2) is 0 Å². The predicted octanol–water partition coefficient (Wildman–Crippen LogP) is 2.35. The van der Waals surface area contributed by atoms with Crippen molar-refractivity contribution in [3.63, 3.8) is 0 Å². The molecule has 0 aromatic heterocycles. The molecule has 0 aliphatic carbocycles. The molecule has 1 saturated heterocycles. The standard InChI is InChI=1S/C17H28N2O/c1-15(2)19(13-16-7-4-3-5-8-16)17-9-6-10-18(14-17)11-12-20/h3-5,7-8,15,17,20H,6,9-14H2,1-2H3/t17-/m1/s1. The van der Waals surface area contributed by atoms with Crippen molar-refractivity contribution in [1.82, 2.24) is 9.80 Å². The van der Waals surface area contributed by atoms with Gasteiger partial charge in [0.25, 0.3) is 0 Å². The fourth-order valence-electron chi connectivity index (χ4n) is 3.17. The van der Waals surface area contributed by atoms with Gasteiger partial charge in [0.1, 0.15) is 0 Å². The number of aliphatic hydroxyl groups excluding tert-OH is 1. The summed E-state index contributed by atoms with van der Waals surface area (Å²) in [6.45, 7) is 8.90. The number of nitrogens with zero attached hydrogens (tertiary/aromatic N) is 2. The van der Waals surface area contributed by atoms with Crippen molar-refractivity contribution in [2.24, 2.45) is 0 Å². The average Bonchev–Trinajstić information content (AvgIpc) is 2.46. The Morgan fingerprint density at radius 2 is 2.05 bits per heavy atom. The van der Waals surface area contributed by atoms with Crippen molar-refractivity contribution in [2.45, 2.75) is 45.3 Å². The van der Waals surface area contributed by atoms with Gasteiger partial charge >= 0.3 is 0 Å². The SMILES string of the molecule is CC(C)N(Cc1ccccc1)[C@@H]1CCCN(CCO)C1. The summed E-state index contributed by atoms with van der Waals surface area (Å²) in [7, 11) is 0. The maximum Gasteiger partial charge on any atom is 0.0558 e. The first-order chi connectivity index (χ1) is 9.70. The third-order valence-electron chi connectivity index (χ3n) is 4.24. The van der Waals surface area contributed by atoms with Crippen LogP contribution in [0.4, 0.5) is 0 Å². The lowest BCUT2D eigenvalue weighted by atomic mass is 10.0. The molecule has 1 aliphatic rings. The summed E-state index contributed by atoms with van der Waals surface area (Å²) >= 11 is 0. The molecule has 1 aliphatic heterocycles. The molecule has 1 atom stereocenters. The molecular weight excluding hydrogens is 248 g/mol. The molecule has 0 amide bonds. The van der Waals surface area contributed by atoms with Gasteiger partial charge in [-0.15, -0.1) is 0 Å². The Kier molecular flexibility index (Phi) is 6.02.